The summed E-state index contributed by atoms with van der Waals surface area (Å²) in [6, 6.07) is 11.6. The van der Waals surface area contributed by atoms with Crippen molar-refractivity contribution in [2.75, 3.05) is 11.9 Å². The van der Waals surface area contributed by atoms with E-state index in [1.165, 1.54) is 12.1 Å². The van der Waals surface area contributed by atoms with Crippen LogP contribution in [0.1, 0.15) is 27.8 Å². The van der Waals surface area contributed by atoms with Crippen molar-refractivity contribution in [1.82, 2.24) is 5.32 Å². The van der Waals surface area contributed by atoms with Crippen molar-refractivity contribution < 1.29 is 18.7 Å². The number of hydrogen-bond acceptors (Lipinski definition) is 5. The Morgan fingerprint density at radius 2 is 1.91 bits per heavy atom. The molecular weight excluding hydrogens is 304 g/mol. The highest BCUT2D eigenvalue weighted by Gasteiger charge is 2.13. The van der Waals surface area contributed by atoms with Gasteiger partial charge in [0.25, 0.3) is 5.91 Å². The van der Waals surface area contributed by atoms with E-state index >= 15 is 0 Å². The van der Waals surface area contributed by atoms with Gasteiger partial charge in [0.15, 0.2) is 11.0 Å². The van der Waals surface area contributed by atoms with Gasteiger partial charge in [0.05, 0.1) is 6.61 Å². The minimum absolute atomic E-state index is 0.0570. The monoisotopic (exact) mass is 318 g/mol. The molecule has 0 radical (unpaired) electrons. The zero-order chi connectivity index (χ0) is 15.9. The summed E-state index contributed by atoms with van der Waals surface area (Å²) >= 11 is 5.02. The van der Waals surface area contributed by atoms with Gasteiger partial charge in [-0.15, -0.1) is 0 Å². The number of carbonyl (C=O) groups is 2. The highest BCUT2D eigenvalue weighted by molar-refractivity contribution is 7.80. The van der Waals surface area contributed by atoms with Crippen molar-refractivity contribution in [2.45, 2.75) is 6.92 Å². The first kappa shape index (κ1) is 15.7. The lowest BCUT2D eigenvalue weighted by molar-refractivity contribution is 0.0491. The topological polar surface area (TPSA) is 80.6 Å². The number of anilines is 1. The van der Waals surface area contributed by atoms with Crippen LogP contribution >= 0.6 is 12.2 Å². The van der Waals surface area contributed by atoms with E-state index in [9.17, 15) is 9.59 Å². The number of esters is 1. The van der Waals surface area contributed by atoms with Gasteiger partial charge in [0, 0.05) is 11.6 Å². The van der Waals surface area contributed by atoms with Crippen molar-refractivity contribution in [3.05, 3.63) is 53.8 Å². The fraction of sp³-hybridized carbons (Fsp3) is 0.133. The number of rotatable bonds is 4. The van der Waals surface area contributed by atoms with Crippen LogP contribution in [0.3, 0.4) is 0 Å². The molecule has 1 heterocycles. The van der Waals surface area contributed by atoms with E-state index in [1.807, 2.05) is 6.07 Å². The van der Waals surface area contributed by atoms with Crippen LogP contribution in [0.5, 0.6) is 0 Å². The van der Waals surface area contributed by atoms with Gasteiger partial charge < -0.3 is 14.5 Å². The summed E-state index contributed by atoms with van der Waals surface area (Å²) in [6.45, 7) is 1.96. The fourth-order valence-corrected chi connectivity index (χ4v) is 1.82. The summed E-state index contributed by atoms with van der Waals surface area (Å²) in [5.74, 6) is -0.604. The van der Waals surface area contributed by atoms with E-state index in [-0.39, 0.29) is 29.3 Å². The summed E-state index contributed by atoms with van der Waals surface area (Å²) in [7, 11) is 0. The van der Waals surface area contributed by atoms with Gasteiger partial charge >= 0.3 is 5.97 Å². The molecule has 0 bridgehead atoms. The number of nitrogens with one attached hydrogen (secondary N) is 2. The lowest BCUT2D eigenvalue weighted by Gasteiger charge is -2.07. The third-order valence-electron chi connectivity index (χ3n) is 2.58. The lowest BCUT2D eigenvalue weighted by Crippen LogP contribution is -2.33. The van der Waals surface area contributed by atoms with Crippen LogP contribution in [0, 0.1) is 0 Å². The predicted octanol–water partition coefficient (Wildman–Crippen LogP) is 2.58. The normalized spacial score (nSPS) is 9.86. The number of ether oxygens (including phenoxy) is 1. The smallest absolute Gasteiger partial charge is 0.374 e. The molecule has 114 valence electrons. The standard InChI is InChI=1S/C15H14N2O4S/c1-2-20-14(19)11-8-9-12(21-11)16-15(22)17-13(18)10-6-4-3-5-7-10/h3-9H,2H2,1H3,(H2,16,17,18,22). The van der Waals surface area contributed by atoms with Crippen LogP contribution in [0.25, 0.3) is 0 Å². The van der Waals surface area contributed by atoms with Gasteiger partial charge in [0.1, 0.15) is 0 Å². The van der Waals surface area contributed by atoms with Gasteiger partial charge in [0.2, 0.25) is 5.76 Å². The maximum atomic E-state index is 11.9. The van der Waals surface area contributed by atoms with Crippen molar-refractivity contribution in [3.63, 3.8) is 0 Å². The Kier molecular flexibility index (Phi) is 5.26. The Labute approximate surface area is 132 Å². The molecular formula is C15H14N2O4S. The first-order chi connectivity index (χ1) is 10.6. The SMILES string of the molecule is CCOC(=O)c1ccc(NC(=S)NC(=O)c2ccccc2)o1. The molecule has 2 aromatic rings. The Morgan fingerprint density at radius 1 is 1.18 bits per heavy atom. The summed E-state index contributed by atoms with van der Waals surface area (Å²) in [4.78, 5) is 23.4. The molecule has 1 aromatic carbocycles. The number of thiocarbonyl (C=S) groups is 1. The van der Waals surface area contributed by atoms with E-state index in [0.29, 0.717) is 5.56 Å². The Balaban J connectivity index is 1.92. The molecule has 2 N–H and O–H groups in total. The molecule has 6 nitrogen and oxygen atoms in total. The maximum Gasteiger partial charge on any atom is 0.374 e. The van der Waals surface area contributed by atoms with Gasteiger partial charge in [-0.3, -0.25) is 10.1 Å². The molecule has 0 aliphatic carbocycles. The number of benzene rings is 1. The second-order valence-corrected chi connectivity index (χ2v) is 4.57. The van der Waals surface area contributed by atoms with E-state index in [2.05, 4.69) is 10.6 Å². The van der Waals surface area contributed by atoms with E-state index in [1.54, 1.807) is 31.2 Å². The molecule has 0 saturated heterocycles. The van der Waals surface area contributed by atoms with Crippen LogP contribution in [0.15, 0.2) is 46.9 Å². The molecule has 0 aliphatic rings. The van der Waals surface area contributed by atoms with Crippen LogP contribution in [-0.4, -0.2) is 23.6 Å². The highest BCUT2D eigenvalue weighted by Crippen LogP contribution is 2.14. The van der Waals surface area contributed by atoms with Crippen molar-refractivity contribution >= 4 is 35.1 Å². The second kappa shape index (κ2) is 7.37. The summed E-state index contributed by atoms with van der Waals surface area (Å²) in [6.07, 6.45) is 0. The highest BCUT2D eigenvalue weighted by atomic mass is 32.1. The zero-order valence-corrected chi connectivity index (χ0v) is 12.6. The maximum absolute atomic E-state index is 11.9. The van der Waals surface area contributed by atoms with E-state index in [0.717, 1.165) is 0 Å². The van der Waals surface area contributed by atoms with Crippen molar-refractivity contribution in [3.8, 4) is 0 Å². The average molecular weight is 318 g/mol. The molecule has 0 atom stereocenters. The van der Waals surface area contributed by atoms with Gasteiger partial charge in [-0.25, -0.2) is 4.79 Å². The third kappa shape index (κ3) is 4.16. The molecule has 0 saturated carbocycles. The third-order valence-corrected chi connectivity index (χ3v) is 2.79. The molecule has 0 aliphatic heterocycles. The summed E-state index contributed by atoms with van der Waals surface area (Å²) in [5, 5.41) is 5.27. The molecule has 2 rings (SSSR count). The minimum atomic E-state index is -0.560. The van der Waals surface area contributed by atoms with Crippen molar-refractivity contribution in [1.29, 1.82) is 0 Å². The molecule has 0 fully saturated rings. The molecule has 22 heavy (non-hydrogen) atoms. The van der Waals surface area contributed by atoms with Crippen LogP contribution in [0.4, 0.5) is 5.88 Å². The lowest BCUT2D eigenvalue weighted by atomic mass is 10.2. The van der Waals surface area contributed by atoms with Crippen LogP contribution in [-0.2, 0) is 4.74 Å². The Bertz CT molecular complexity index is 682. The van der Waals surface area contributed by atoms with E-state index < -0.39 is 5.97 Å². The molecule has 1 amide bonds. The number of hydrogen-bond donors (Lipinski definition) is 2. The van der Waals surface area contributed by atoms with Gasteiger partial charge in [-0.1, -0.05) is 18.2 Å². The number of furan rings is 1. The van der Waals surface area contributed by atoms with E-state index in [4.69, 9.17) is 21.4 Å². The minimum Gasteiger partial charge on any atom is -0.460 e. The molecule has 7 heteroatoms. The number of carbonyl (C=O) groups excluding carboxylic acids is 2. The second-order valence-electron chi connectivity index (χ2n) is 4.16. The summed E-state index contributed by atoms with van der Waals surface area (Å²) in [5.41, 5.74) is 0.485. The first-order valence-corrected chi connectivity index (χ1v) is 6.95. The first-order valence-electron chi connectivity index (χ1n) is 6.54. The summed E-state index contributed by atoms with van der Waals surface area (Å²) < 4.78 is 10.0. The Hall–Kier alpha value is -2.67. The van der Waals surface area contributed by atoms with Crippen molar-refractivity contribution in [2.24, 2.45) is 0 Å². The molecule has 0 spiro atoms. The average Bonchev–Trinajstić information content (AvgIpc) is 2.96. The van der Waals surface area contributed by atoms with Gasteiger partial charge in [-0.2, -0.15) is 0 Å². The molecule has 0 unspecified atom stereocenters. The Morgan fingerprint density at radius 3 is 2.59 bits per heavy atom. The van der Waals surface area contributed by atoms with Crippen LogP contribution in [0.2, 0.25) is 0 Å². The molecule has 1 aromatic heterocycles. The fourth-order valence-electron chi connectivity index (χ4n) is 1.62. The number of amides is 1. The van der Waals surface area contributed by atoms with Crippen LogP contribution < -0.4 is 10.6 Å². The predicted molar refractivity (Wildman–Crippen MR) is 84.8 cm³/mol. The largest absolute Gasteiger partial charge is 0.460 e. The quantitative estimate of drug-likeness (QED) is 0.666. The van der Waals surface area contributed by atoms with Gasteiger partial charge in [-0.05, 0) is 37.3 Å². The zero-order valence-electron chi connectivity index (χ0n) is 11.8.